The molecule has 0 unspecified atom stereocenters. The van der Waals surface area contributed by atoms with E-state index in [0.29, 0.717) is 36.3 Å². The lowest BCUT2D eigenvalue weighted by Crippen LogP contribution is -2.60. The second-order valence-electron chi connectivity index (χ2n) is 35.7. The minimum absolute atomic E-state index is 0.0164. The smallest absolute Gasteiger partial charge is 0.317 e. The molecule has 44 nitrogen and oxygen atoms in total. The monoisotopic (exact) mass is 1910 g/mol. The van der Waals surface area contributed by atoms with Crippen LogP contribution in [0, 0.1) is 35.5 Å². The van der Waals surface area contributed by atoms with E-state index >= 15 is 0 Å². The number of hydrogen-bond acceptors (Lipinski definition) is 28. The molecule has 135 heavy (non-hydrogen) atoms. The summed E-state index contributed by atoms with van der Waals surface area (Å²) >= 11 is 1.50. The first-order valence-corrected chi connectivity index (χ1v) is 46.4. The molecule has 19 N–H and O–H groups in total. The summed E-state index contributed by atoms with van der Waals surface area (Å²) in [4.78, 5) is 266. The molecule has 0 radical (unpaired) electrons. The van der Waals surface area contributed by atoms with Crippen LogP contribution >= 0.6 is 11.8 Å². The number of para-hydroxylation sites is 1. The van der Waals surface area contributed by atoms with E-state index in [2.05, 4.69) is 46.9 Å². The van der Waals surface area contributed by atoms with Crippen molar-refractivity contribution in [3.63, 3.8) is 0 Å². The Kier molecular flexibility index (Phi) is 46.1. The molecule has 4 aromatic rings. The molecule has 1 aliphatic carbocycles. The quantitative estimate of drug-likeness (QED) is 0.0275. The van der Waals surface area contributed by atoms with Gasteiger partial charge < -0.3 is 89.1 Å². The molecule has 9 atom stereocenters. The Morgan fingerprint density at radius 3 is 1.54 bits per heavy atom. The van der Waals surface area contributed by atoms with Gasteiger partial charge in [0.05, 0.1) is 95.8 Å². The number of nitrogens with two attached hydrogens (primary N) is 2. The van der Waals surface area contributed by atoms with Crippen molar-refractivity contribution in [2.45, 2.75) is 167 Å². The number of carboxylic acid groups (broad SMARTS) is 7. The maximum absolute atomic E-state index is 14.6. The van der Waals surface area contributed by atoms with Crippen LogP contribution in [0.3, 0.4) is 0 Å². The van der Waals surface area contributed by atoms with Crippen LogP contribution in [0.15, 0.2) is 67.3 Å². The van der Waals surface area contributed by atoms with E-state index in [1.165, 1.54) is 60.4 Å². The third kappa shape index (κ3) is 39.5. The SMILES string of the molecule is CC1(N(CC(=O)O)CC(=O)O)CN(CC(=O)O)[C@@H]2CCCC[C@H]2N(CC(=O)O)C1.CSCC[C@H](CC(=O)[C@H](CC(C)C)NC(=O)[C@@H](CC(=O)CNC(=O)[C@@H](CC(=O)[C@H](C)NC(=O)[C@@H](CC(=O)[C@H](CCC(N)=O)NC(=O)c1ccc(NC(=O)CNC(=O)CN2CCN(CC(=O)O)CCN(CC(=O)O)CCN(CC(=O)O)CC2)cc1)Cc1c[nH]c2ccccc12)C(C)C)Cc1cnc[nH]1)C(N)=O. The first kappa shape index (κ1) is 112. The zero-order valence-corrected chi connectivity index (χ0v) is 78.3. The summed E-state index contributed by atoms with van der Waals surface area (Å²) in [5.41, 5.74) is 12.2. The number of carboxylic acids is 7. The van der Waals surface area contributed by atoms with E-state index in [0.717, 1.165) is 23.7 Å². The fraction of sp³-hybridized carbons (Fsp3) is 0.600. The maximum Gasteiger partial charge on any atom is 0.317 e. The van der Waals surface area contributed by atoms with Crippen molar-refractivity contribution in [3.8, 4) is 0 Å². The molecule has 3 fully saturated rings. The number of aromatic amines is 2. The zero-order chi connectivity index (χ0) is 99.9. The molecule has 3 aliphatic rings. The first-order valence-electron chi connectivity index (χ1n) is 45.0. The summed E-state index contributed by atoms with van der Waals surface area (Å²) in [5, 5.41) is 82.7. The molecule has 0 bridgehead atoms. The van der Waals surface area contributed by atoms with E-state index in [1.807, 2.05) is 32.2 Å². The Bertz CT molecular complexity index is 4660. The predicted octanol–water partition coefficient (Wildman–Crippen LogP) is -0.0675. The van der Waals surface area contributed by atoms with Gasteiger partial charge in [-0.3, -0.25) is 125 Å². The lowest BCUT2D eigenvalue weighted by atomic mass is 9.87. The molecule has 8 amide bonds. The van der Waals surface area contributed by atoms with Crippen LogP contribution in [-0.4, -0.2) is 376 Å². The van der Waals surface area contributed by atoms with E-state index in [9.17, 15) is 127 Å². The zero-order valence-electron chi connectivity index (χ0n) is 77.5. The maximum atomic E-state index is 14.6. The van der Waals surface area contributed by atoms with Crippen molar-refractivity contribution in [1.82, 2.24) is 75.8 Å². The Hall–Kier alpha value is -12.0. The van der Waals surface area contributed by atoms with Crippen molar-refractivity contribution >= 4 is 141 Å². The van der Waals surface area contributed by atoms with Gasteiger partial charge in [0.15, 0.2) is 23.1 Å². The highest BCUT2D eigenvalue weighted by atomic mass is 32.2. The summed E-state index contributed by atoms with van der Waals surface area (Å²) in [5.74, 6) is -19.2. The molecule has 1 saturated carbocycles. The van der Waals surface area contributed by atoms with Gasteiger partial charge in [-0.05, 0) is 112 Å². The fourth-order valence-corrected chi connectivity index (χ4v) is 17.5. The second-order valence-corrected chi connectivity index (χ2v) is 36.7. The Morgan fingerprint density at radius 1 is 0.541 bits per heavy atom. The van der Waals surface area contributed by atoms with Gasteiger partial charge in [-0.2, -0.15) is 11.8 Å². The number of benzene rings is 2. The number of ketones is 4. The lowest BCUT2D eigenvalue weighted by molar-refractivity contribution is -0.147. The van der Waals surface area contributed by atoms with Crippen LogP contribution in [0.4, 0.5) is 5.69 Å². The van der Waals surface area contributed by atoms with Crippen LogP contribution in [0.25, 0.3) is 10.9 Å². The normalized spacial score (nSPS) is 17.6. The molecule has 2 aromatic carbocycles. The standard InChI is InChI=1S/C72H103N15O18S.C18H29N3O8/c1-43(2)27-58(61(91)31-47(68(74)101)17-26-106-6)83-71(104)49(29-52-35-75-42-79-52)30-53(88)36-78-72(105)55(44(3)4)33-59(89)45(5)80-70(103)48(28-50-34-76-56-10-8-7-9-54(50)56)32-60(90)57(15-16-62(73)92)82-69(102)46-11-13-51(14-12-46)81-63(93)37-77-64(94)38-84-18-20-85(39-65(95)96)22-24-87(41-67(99)100)25-23-86(21-19-84)40-66(97)98;1-18(21(8-16(26)27)9-17(28)29)10-19(6-14(22)23)12-4-2-3-5-13(12)20(11-18)7-15(24)25/h7-14,34-35,42-45,47-49,55,57-58,76H,15-33,36-41H2,1-6H3,(H2,73,92)(H2,74,101)(H,75,79)(H,77,94)(H,78,105)(H,80,103)(H,81,93)(H,82,102)(H,83,104)(H,95,96)(H,97,98)(H,99,100);12-13H,2-11H2,1H3,(H,22,23)(H,24,25)(H,26,27)(H,28,29)/t45-,47+,48+,49+,55-,57-,58-;12-,13-/m01/s1. The van der Waals surface area contributed by atoms with Gasteiger partial charge in [0.2, 0.25) is 41.4 Å². The number of aliphatic carboxylic acids is 7. The van der Waals surface area contributed by atoms with Crippen LogP contribution in [0.1, 0.15) is 140 Å². The number of nitrogens with zero attached hydrogens (tertiary/aromatic N) is 8. The van der Waals surface area contributed by atoms with Gasteiger partial charge in [0, 0.05) is 180 Å². The van der Waals surface area contributed by atoms with Gasteiger partial charge in [0.25, 0.3) is 5.91 Å². The average Bonchev–Trinajstić information content (AvgIpc) is 1.63. The molecule has 2 aromatic heterocycles. The number of rotatable bonds is 54. The number of aromatic nitrogens is 3. The van der Waals surface area contributed by atoms with Gasteiger partial charge in [-0.25, -0.2) is 4.98 Å². The Morgan fingerprint density at radius 2 is 1.05 bits per heavy atom. The number of primary amides is 2. The number of anilines is 1. The molecule has 744 valence electrons. The molecule has 45 heteroatoms. The van der Waals surface area contributed by atoms with E-state index < -0.39 is 192 Å². The Labute approximate surface area is 786 Å². The highest BCUT2D eigenvalue weighted by molar-refractivity contribution is 7.98. The molecular formula is C90H132N18O26S. The second kappa shape index (κ2) is 55.7. The predicted molar refractivity (Wildman–Crippen MR) is 492 cm³/mol. The van der Waals surface area contributed by atoms with E-state index in [-0.39, 0.29) is 191 Å². The third-order valence-corrected chi connectivity index (χ3v) is 24.7. The van der Waals surface area contributed by atoms with Gasteiger partial charge in [-0.15, -0.1) is 0 Å². The van der Waals surface area contributed by atoms with Gasteiger partial charge >= 0.3 is 41.8 Å². The number of imidazole rings is 1. The van der Waals surface area contributed by atoms with Crippen LogP contribution < -0.4 is 43.4 Å². The van der Waals surface area contributed by atoms with Crippen molar-refractivity contribution in [2.24, 2.45) is 47.0 Å². The van der Waals surface area contributed by atoms with Crippen molar-refractivity contribution in [1.29, 1.82) is 0 Å². The number of Topliss-reactive ketones (excluding diaryl/α,β-unsaturated/α-hetero) is 4. The fourth-order valence-electron chi connectivity index (χ4n) is 17.0. The van der Waals surface area contributed by atoms with Gasteiger partial charge in [-0.1, -0.05) is 58.7 Å². The number of carbonyl (C=O) groups is 19. The van der Waals surface area contributed by atoms with Crippen molar-refractivity contribution < 1.29 is 127 Å². The number of thioether (sulfide) groups is 1. The summed E-state index contributed by atoms with van der Waals surface area (Å²) in [7, 11) is 0. The highest BCUT2D eigenvalue weighted by Crippen LogP contribution is 2.35. The number of fused-ring (bicyclic) bond motifs is 2. The molecule has 7 rings (SSSR count). The van der Waals surface area contributed by atoms with Crippen LogP contribution in [-0.2, 0) is 99.1 Å². The van der Waals surface area contributed by atoms with Crippen molar-refractivity contribution in [3.05, 3.63) is 84.1 Å². The molecule has 0 spiro atoms. The third-order valence-electron chi connectivity index (χ3n) is 24.1. The first-order chi connectivity index (χ1) is 63.8. The number of nitrogens with one attached hydrogen (secondary N) is 8. The minimum atomic E-state index is -1.37. The largest absolute Gasteiger partial charge is 0.480 e. The minimum Gasteiger partial charge on any atom is -0.480 e. The number of amides is 8. The van der Waals surface area contributed by atoms with Crippen LogP contribution in [0.5, 0.6) is 0 Å². The number of carbonyl (C=O) groups excluding carboxylic acids is 12. The van der Waals surface area contributed by atoms with Gasteiger partial charge in [0.1, 0.15) is 0 Å². The molecule has 2 saturated heterocycles. The lowest BCUT2D eigenvalue weighted by Gasteiger charge is -2.42. The van der Waals surface area contributed by atoms with Crippen molar-refractivity contribution in [2.75, 3.05) is 148 Å². The summed E-state index contributed by atoms with van der Waals surface area (Å²) in [6.07, 6.45) is 8.24. The number of H-pyrrole nitrogens is 2. The Balaban J connectivity index is 0.000000815. The van der Waals surface area contributed by atoms with Crippen LogP contribution in [0.2, 0.25) is 0 Å². The highest BCUT2D eigenvalue weighted by Gasteiger charge is 2.48. The summed E-state index contributed by atoms with van der Waals surface area (Å²) < 4.78 is 0. The summed E-state index contributed by atoms with van der Waals surface area (Å²) in [6, 6.07) is 8.77. The number of hydrogen-bond donors (Lipinski definition) is 17. The molecular weight excluding hydrogens is 1780 g/mol. The average molecular weight is 1910 g/mol. The van der Waals surface area contributed by atoms with E-state index in [1.54, 1.807) is 68.5 Å². The van der Waals surface area contributed by atoms with E-state index in [4.69, 9.17) is 11.5 Å². The molecule has 4 heterocycles. The topological polar surface area (TPSA) is 657 Å². The molecule has 2 aliphatic heterocycles. The summed E-state index contributed by atoms with van der Waals surface area (Å²) in [6.45, 7) is 8.01.